The number of carbonyl (C=O) groups excluding carboxylic acids is 1. The highest BCUT2D eigenvalue weighted by Crippen LogP contribution is 2.22. The largest absolute Gasteiger partial charge is 0.495 e. The Hall–Kier alpha value is -2.03. The summed E-state index contributed by atoms with van der Waals surface area (Å²) in [5, 5.41) is 0. The minimum absolute atomic E-state index is 0.0280. The molecule has 4 N–H and O–H groups in total. The summed E-state index contributed by atoms with van der Waals surface area (Å²) >= 11 is 0. The van der Waals surface area contributed by atoms with Crippen LogP contribution in [0.4, 0.5) is 0 Å². The number of nitrogens with zero attached hydrogens (tertiary/aromatic N) is 1. The first-order valence-corrected chi connectivity index (χ1v) is 7.01. The van der Waals surface area contributed by atoms with Crippen LogP contribution < -0.4 is 16.2 Å². The number of hydrogen-bond acceptors (Lipinski definition) is 4. The van der Waals surface area contributed by atoms with Gasteiger partial charge in [0, 0.05) is 13.1 Å². The summed E-state index contributed by atoms with van der Waals surface area (Å²) in [7, 11) is 1.63. The predicted octanol–water partition coefficient (Wildman–Crippen LogP) is 0.313. The number of rotatable bonds is 4. The first kappa shape index (κ1) is 15.4. The number of primary amides is 1. The van der Waals surface area contributed by atoms with Gasteiger partial charge in [0.05, 0.1) is 25.1 Å². The molecule has 1 aromatic rings. The molecule has 2 rings (SSSR count). The van der Waals surface area contributed by atoms with Crippen molar-refractivity contribution in [3.63, 3.8) is 0 Å². The standard InChI is InChI=1S/C16H21N3O2/c1-21-15-5-4-12(9-13(15)3-2-7-17)10-19-8-6-14(11-19)16(18)20/h4-5,9,14H,6-8,10-11,17H2,1H3,(H2,18,20). The van der Waals surface area contributed by atoms with Gasteiger partial charge in [-0.05, 0) is 30.7 Å². The topological polar surface area (TPSA) is 81.6 Å². The van der Waals surface area contributed by atoms with Crippen LogP contribution in [0.2, 0.25) is 0 Å². The highest BCUT2D eigenvalue weighted by molar-refractivity contribution is 5.77. The fourth-order valence-corrected chi connectivity index (χ4v) is 2.56. The molecular weight excluding hydrogens is 266 g/mol. The second-order valence-corrected chi connectivity index (χ2v) is 5.16. The van der Waals surface area contributed by atoms with Crippen LogP contribution in [0, 0.1) is 17.8 Å². The molecule has 0 bridgehead atoms. The Morgan fingerprint density at radius 3 is 2.95 bits per heavy atom. The maximum Gasteiger partial charge on any atom is 0.221 e. The van der Waals surface area contributed by atoms with Crippen molar-refractivity contribution in [1.29, 1.82) is 0 Å². The van der Waals surface area contributed by atoms with Gasteiger partial charge < -0.3 is 16.2 Å². The number of carbonyl (C=O) groups is 1. The number of amides is 1. The van der Waals surface area contributed by atoms with E-state index in [9.17, 15) is 4.79 Å². The van der Waals surface area contributed by atoms with Crippen LogP contribution in [-0.4, -0.2) is 37.6 Å². The zero-order chi connectivity index (χ0) is 15.2. The van der Waals surface area contributed by atoms with Crippen molar-refractivity contribution in [3.05, 3.63) is 29.3 Å². The lowest BCUT2D eigenvalue weighted by atomic mass is 10.1. The lowest BCUT2D eigenvalue weighted by molar-refractivity contribution is -0.121. The van der Waals surface area contributed by atoms with Crippen LogP contribution in [0.3, 0.4) is 0 Å². The minimum atomic E-state index is -0.207. The van der Waals surface area contributed by atoms with E-state index in [4.69, 9.17) is 16.2 Å². The van der Waals surface area contributed by atoms with E-state index >= 15 is 0 Å². The number of ether oxygens (including phenoxy) is 1. The maximum absolute atomic E-state index is 11.2. The molecule has 5 heteroatoms. The van der Waals surface area contributed by atoms with Gasteiger partial charge in [0.25, 0.3) is 0 Å². The molecule has 0 radical (unpaired) electrons. The highest BCUT2D eigenvalue weighted by atomic mass is 16.5. The number of benzene rings is 1. The molecular formula is C16H21N3O2. The summed E-state index contributed by atoms with van der Waals surface area (Å²) < 4.78 is 5.30. The van der Waals surface area contributed by atoms with Crippen LogP contribution in [0.5, 0.6) is 5.75 Å². The highest BCUT2D eigenvalue weighted by Gasteiger charge is 2.26. The third-order valence-electron chi connectivity index (χ3n) is 3.67. The molecule has 1 heterocycles. The Morgan fingerprint density at radius 2 is 2.33 bits per heavy atom. The van der Waals surface area contributed by atoms with Crippen molar-refractivity contribution in [2.24, 2.45) is 17.4 Å². The molecule has 0 spiro atoms. The van der Waals surface area contributed by atoms with Gasteiger partial charge >= 0.3 is 0 Å². The fraction of sp³-hybridized carbons (Fsp3) is 0.438. The number of hydrogen-bond donors (Lipinski definition) is 2. The normalized spacial score (nSPS) is 18.1. The minimum Gasteiger partial charge on any atom is -0.495 e. The number of methoxy groups -OCH3 is 1. The van der Waals surface area contributed by atoms with Crippen molar-refractivity contribution in [1.82, 2.24) is 4.90 Å². The van der Waals surface area contributed by atoms with Crippen LogP contribution in [0.1, 0.15) is 17.5 Å². The van der Waals surface area contributed by atoms with Crippen LogP contribution >= 0.6 is 0 Å². The fourth-order valence-electron chi connectivity index (χ4n) is 2.56. The molecule has 1 unspecified atom stereocenters. The Bertz CT molecular complexity index is 575. The molecule has 21 heavy (non-hydrogen) atoms. The van der Waals surface area contributed by atoms with E-state index in [-0.39, 0.29) is 11.8 Å². The smallest absolute Gasteiger partial charge is 0.221 e. The molecule has 1 saturated heterocycles. The molecule has 0 saturated carbocycles. The van der Waals surface area contributed by atoms with E-state index in [2.05, 4.69) is 16.7 Å². The van der Waals surface area contributed by atoms with E-state index in [1.807, 2.05) is 18.2 Å². The second kappa shape index (κ2) is 7.11. The van der Waals surface area contributed by atoms with Gasteiger partial charge in [0.1, 0.15) is 5.75 Å². The second-order valence-electron chi connectivity index (χ2n) is 5.16. The van der Waals surface area contributed by atoms with E-state index in [0.29, 0.717) is 6.54 Å². The average Bonchev–Trinajstić information content (AvgIpc) is 2.94. The lowest BCUT2D eigenvalue weighted by Crippen LogP contribution is -2.27. The third-order valence-corrected chi connectivity index (χ3v) is 3.67. The molecule has 1 aliphatic rings. The molecule has 0 aliphatic carbocycles. The van der Waals surface area contributed by atoms with E-state index in [1.165, 1.54) is 0 Å². The molecule has 112 valence electrons. The SMILES string of the molecule is COc1ccc(CN2CCC(C(N)=O)C2)cc1C#CCN. The molecule has 1 fully saturated rings. The van der Waals surface area contributed by atoms with Crippen LogP contribution in [-0.2, 0) is 11.3 Å². The van der Waals surface area contributed by atoms with Crippen LogP contribution in [0.25, 0.3) is 0 Å². The van der Waals surface area contributed by atoms with E-state index in [0.717, 1.165) is 42.9 Å². The zero-order valence-corrected chi connectivity index (χ0v) is 12.3. The van der Waals surface area contributed by atoms with Gasteiger partial charge in [0.15, 0.2) is 0 Å². The molecule has 1 aliphatic heterocycles. The molecule has 5 nitrogen and oxygen atoms in total. The lowest BCUT2D eigenvalue weighted by Gasteiger charge is -2.16. The van der Waals surface area contributed by atoms with E-state index < -0.39 is 0 Å². The maximum atomic E-state index is 11.2. The van der Waals surface area contributed by atoms with Gasteiger partial charge in [-0.3, -0.25) is 9.69 Å². The Morgan fingerprint density at radius 1 is 1.52 bits per heavy atom. The van der Waals surface area contributed by atoms with Crippen molar-refractivity contribution >= 4 is 5.91 Å². The number of likely N-dealkylation sites (tertiary alicyclic amines) is 1. The summed E-state index contributed by atoms with van der Waals surface area (Å²) in [4.78, 5) is 13.4. The van der Waals surface area contributed by atoms with Crippen molar-refractivity contribution in [2.45, 2.75) is 13.0 Å². The number of nitrogens with two attached hydrogens (primary N) is 2. The molecule has 1 atom stereocenters. The van der Waals surface area contributed by atoms with Gasteiger partial charge in [-0.2, -0.15) is 0 Å². The van der Waals surface area contributed by atoms with Gasteiger partial charge in [-0.25, -0.2) is 0 Å². The first-order valence-electron chi connectivity index (χ1n) is 7.01. The molecule has 1 amide bonds. The average molecular weight is 287 g/mol. The zero-order valence-electron chi connectivity index (χ0n) is 12.3. The summed E-state index contributed by atoms with van der Waals surface area (Å²) in [6.45, 7) is 2.72. The summed E-state index contributed by atoms with van der Waals surface area (Å²) in [5.41, 5.74) is 12.8. The third kappa shape index (κ3) is 3.97. The summed E-state index contributed by atoms with van der Waals surface area (Å²) in [6, 6.07) is 5.95. The quantitative estimate of drug-likeness (QED) is 0.781. The van der Waals surface area contributed by atoms with Crippen molar-refractivity contribution in [3.8, 4) is 17.6 Å². The van der Waals surface area contributed by atoms with Crippen molar-refractivity contribution < 1.29 is 9.53 Å². The Labute approximate surface area is 125 Å². The first-order chi connectivity index (χ1) is 10.1. The van der Waals surface area contributed by atoms with Gasteiger partial charge in [0.2, 0.25) is 5.91 Å². The molecule has 1 aromatic carbocycles. The summed E-state index contributed by atoms with van der Waals surface area (Å²) in [5.74, 6) is 6.38. The summed E-state index contributed by atoms with van der Waals surface area (Å²) in [6.07, 6.45) is 0.839. The van der Waals surface area contributed by atoms with Gasteiger partial charge in [-0.15, -0.1) is 0 Å². The Kier molecular flexibility index (Phi) is 5.20. The molecule has 0 aromatic heterocycles. The monoisotopic (exact) mass is 287 g/mol. The van der Waals surface area contributed by atoms with Crippen molar-refractivity contribution in [2.75, 3.05) is 26.7 Å². The van der Waals surface area contributed by atoms with Crippen LogP contribution in [0.15, 0.2) is 18.2 Å². The van der Waals surface area contributed by atoms with E-state index in [1.54, 1.807) is 7.11 Å². The predicted molar refractivity (Wildman–Crippen MR) is 81.5 cm³/mol. The Balaban J connectivity index is 2.09. The van der Waals surface area contributed by atoms with Gasteiger partial charge in [-0.1, -0.05) is 17.9 Å².